The van der Waals surface area contributed by atoms with Crippen LogP contribution in [0.2, 0.25) is 0 Å². The van der Waals surface area contributed by atoms with E-state index in [4.69, 9.17) is 9.47 Å². The first-order chi connectivity index (χ1) is 9.25. The molecule has 1 aromatic rings. The molecule has 1 saturated heterocycles. The number of nitrogens with one attached hydrogen (secondary N) is 1. The summed E-state index contributed by atoms with van der Waals surface area (Å²) in [6.07, 6.45) is 7.40. The van der Waals surface area contributed by atoms with E-state index in [0.717, 1.165) is 30.9 Å². The van der Waals surface area contributed by atoms with Gasteiger partial charge in [-0.3, -0.25) is 4.98 Å². The Morgan fingerprint density at radius 3 is 3.11 bits per heavy atom. The zero-order valence-electron chi connectivity index (χ0n) is 11.9. The molecule has 0 aromatic carbocycles. The van der Waals surface area contributed by atoms with Crippen LogP contribution in [0.4, 0.5) is 0 Å². The Morgan fingerprint density at radius 1 is 1.47 bits per heavy atom. The number of aromatic nitrogens is 1. The summed E-state index contributed by atoms with van der Waals surface area (Å²) in [5.74, 6) is 0.914. The molecule has 4 nitrogen and oxygen atoms in total. The first-order valence-electron chi connectivity index (χ1n) is 7.16. The van der Waals surface area contributed by atoms with Gasteiger partial charge in [0, 0.05) is 37.2 Å². The van der Waals surface area contributed by atoms with Gasteiger partial charge in [0.2, 0.25) is 0 Å². The van der Waals surface area contributed by atoms with Crippen LogP contribution in [0.1, 0.15) is 38.7 Å². The Balaban J connectivity index is 1.87. The number of hydrogen-bond donors (Lipinski definition) is 1. The first kappa shape index (κ1) is 14.3. The van der Waals surface area contributed by atoms with Crippen molar-refractivity contribution in [3.8, 4) is 5.75 Å². The molecule has 19 heavy (non-hydrogen) atoms. The molecule has 0 bridgehead atoms. The highest BCUT2D eigenvalue weighted by Gasteiger charge is 2.15. The van der Waals surface area contributed by atoms with Gasteiger partial charge in [-0.2, -0.15) is 0 Å². The number of pyridine rings is 1. The van der Waals surface area contributed by atoms with Crippen LogP contribution in [-0.4, -0.2) is 30.3 Å². The Bertz CT molecular complexity index is 376. The number of rotatable bonds is 6. The van der Waals surface area contributed by atoms with Crippen LogP contribution in [0, 0.1) is 0 Å². The minimum atomic E-state index is 0.243. The van der Waals surface area contributed by atoms with E-state index in [2.05, 4.69) is 24.1 Å². The van der Waals surface area contributed by atoms with E-state index < -0.39 is 0 Å². The second-order valence-electron chi connectivity index (χ2n) is 5.32. The standard InChI is InChI=1S/C15H24N2O2/c1-12(2)17-10-13-9-16-7-6-15(13)19-11-14-5-3-4-8-18-14/h6-7,9,12,14,17H,3-5,8,10-11H2,1-2H3. The predicted molar refractivity (Wildman–Crippen MR) is 75.3 cm³/mol. The quantitative estimate of drug-likeness (QED) is 0.857. The van der Waals surface area contributed by atoms with E-state index in [1.54, 1.807) is 6.20 Å². The van der Waals surface area contributed by atoms with Crippen molar-refractivity contribution in [2.24, 2.45) is 0 Å². The van der Waals surface area contributed by atoms with Crippen molar-refractivity contribution in [1.82, 2.24) is 10.3 Å². The molecule has 0 saturated carbocycles. The van der Waals surface area contributed by atoms with E-state index in [1.165, 1.54) is 12.8 Å². The molecule has 106 valence electrons. The largest absolute Gasteiger partial charge is 0.490 e. The zero-order valence-corrected chi connectivity index (χ0v) is 11.9. The highest BCUT2D eigenvalue weighted by atomic mass is 16.5. The van der Waals surface area contributed by atoms with Gasteiger partial charge in [0.15, 0.2) is 0 Å². The Hall–Kier alpha value is -1.13. The van der Waals surface area contributed by atoms with Crippen molar-refractivity contribution >= 4 is 0 Å². The molecule has 4 heteroatoms. The molecule has 2 rings (SSSR count). The molecular weight excluding hydrogens is 240 g/mol. The minimum Gasteiger partial charge on any atom is -0.490 e. The van der Waals surface area contributed by atoms with Gasteiger partial charge in [-0.1, -0.05) is 13.8 Å². The molecule has 0 spiro atoms. The van der Waals surface area contributed by atoms with Crippen LogP contribution in [0.5, 0.6) is 5.75 Å². The third-order valence-electron chi connectivity index (χ3n) is 3.26. The van der Waals surface area contributed by atoms with Crippen molar-refractivity contribution in [2.45, 2.75) is 51.8 Å². The lowest BCUT2D eigenvalue weighted by atomic mass is 10.1. The minimum absolute atomic E-state index is 0.243. The lowest BCUT2D eigenvalue weighted by Crippen LogP contribution is -2.26. The monoisotopic (exact) mass is 264 g/mol. The van der Waals surface area contributed by atoms with Gasteiger partial charge < -0.3 is 14.8 Å². The van der Waals surface area contributed by atoms with Crippen molar-refractivity contribution in [1.29, 1.82) is 0 Å². The fourth-order valence-corrected chi connectivity index (χ4v) is 2.12. The van der Waals surface area contributed by atoms with Gasteiger partial charge in [0.05, 0.1) is 6.10 Å². The molecule has 0 amide bonds. The first-order valence-corrected chi connectivity index (χ1v) is 7.16. The van der Waals surface area contributed by atoms with Gasteiger partial charge in [-0.05, 0) is 25.3 Å². The molecule has 0 aliphatic carbocycles. The lowest BCUT2D eigenvalue weighted by molar-refractivity contribution is -0.0112. The smallest absolute Gasteiger partial charge is 0.127 e. The maximum Gasteiger partial charge on any atom is 0.127 e. The third kappa shape index (κ3) is 4.80. The van der Waals surface area contributed by atoms with Crippen molar-refractivity contribution in [2.75, 3.05) is 13.2 Å². The highest BCUT2D eigenvalue weighted by molar-refractivity contribution is 5.30. The molecule has 1 aromatic heterocycles. The topological polar surface area (TPSA) is 43.4 Å². The number of nitrogens with zero attached hydrogens (tertiary/aromatic N) is 1. The van der Waals surface area contributed by atoms with Gasteiger partial charge in [0.1, 0.15) is 12.4 Å². The molecule has 1 N–H and O–H groups in total. The second-order valence-corrected chi connectivity index (χ2v) is 5.32. The van der Waals surface area contributed by atoms with Crippen LogP contribution >= 0.6 is 0 Å². The summed E-state index contributed by atoms with van der Waals surface area (Å²) in [6.45, 7) is 6.55. The van der Waals surface area contributed by atoms with E-state index in [1.807, 2.05) is 12.3 Å². The number of hydrogen-bond acceptors (Lipinski definition) is 4. The van der Waals surface area contributed by atoms with E-state index in [9.17, 15) is 0 Å². The summed E-state index contributed by atoms with van der Waals surface area (Å²) in [4.78, 5) is 4.17. The molecule has 1 aliphatic rings. The molecule has 0 radical (unpaired) electrons. The van der Waals surface area contributed by atoms with Crippen molar-refractivity contribution < 1.29 is 9.47 Å². The predicted octanol–water partition coefficient (Wildman–Crippen LogP) is 2.53. The molecule has 1 unspecified atom stereocenters. The van der Waals surface area contributed by atoms with Crippen molar-refractivity contribution in [3.05, 3.63) is 24.0 Å². The van der Waals surface area contributed by atoms with Crippen LogP contribution in [-0.2, 0) is 11.3 Å². The fourth-order valence-electron chi connectivity index (χ4n) is 2.12. The maximum absolute atomic E-state index is 5.90. The summed E-state index contributed by atoms with van der Waals surface area (Å²) in [7, 11) is 0. The molecule has 1 atom stereocenters. The van der Waals surface area contributed by atoms with Crippen molar-refractivity contribution in [3.63, 3.8) is 0 Å². The van der Waals surface area contributed by atoms with Gasteiger partial charge in [-0.25, -0.2) is 0 Å². The molecular formula is C15H24N2O2. The summed E-state index contributed by atoms with van der Waals surface area (Å²) in [6, 6.07) is 2.38. The molecule has 1 aliphatic heterocycles. The fraction of sp³-hybridized carbons (Fsp3) is 0.667. The summed E-state index contributed by atoms with van der Waals surface area (Å²) < 4.78 is 11.6. The van der Waals surface area contributed by atoms with Crippen LogP contribution in [0.3, 0.4) is 0 Å². The van der Waals surface area contributed by atoms with E-state index >= 15 is 0 Å². The van der Waals surface area contributed by atoms with Gasteiger partial charge >= 0.3 is 0 Å². The molecule has 2 heterocycles. The van der Waals surface area contributed by atoms with Gasteiger partial charge in [0.25, 0.3) is 0 Å². The third-order valence-corrected chi connectivity index (χ3v) is 3.26. The normalized spacial score (nSPS) is 19.6. The molecule has 1 fully saturated rings. The average Bonchev–Trinajstić information content (AvgIpc) is 2.45. The Kier molecular flexibility index (Phi) is 5.61. The number of ether oxygens (including phenoxy) is 2. The maximum atomic E-state index is 5.90. The zero-order chi connectivity index (χ0) is 13.5. The summed E-state index contributed by atoms with van der Waals surface area (Å²) in [5, 5.41) is 3.39. The average molecular weight is 264 g/mol. The van der Waals surface area contributed by atoms with Gasteiger partial charge in [-0.15, -0.1) is 0 Å². The second kappa shape index (κ2) is 7.46. The van der Waals surface area contributed by atoms with E-state index in [0.29, 0.717) is 12.6 Å². The Morgan fingerprint density at radius 2 is 2.37 bits per heavy atom. The summed E-state index contributed by atoms with van der Waals surface area (Å²) >= 11 is 0. The van der Waals surface area contributed by atoms with Crippen LogP contribution in [0.25, 0.3) is 0 Å². The lowest BCUT2D eigenvalue weighted by Gasteiger charge is -2.23. The summed E-state index contributed by atoms with van der Waals surface area (Å²) in [5.41, 5.74) is 1.10. The van der Waals surface area contributed by atoms with Crippen LogP contribution in [0.15, 0.2) is 18.5 Å². The van der Waals surface area contributed by atoms with E-state index in [-0.39, 0.29) is 6.10 Å². The van der Waals surface area contributed by atoms with Crippen LogP contribution < -0.4 is 10.1 Å². The Labute approximate surface area is 115 Å². The highest BCUT2D eigenvalue weighted by Crippen LogP contribution is 2.19. The SMILES string of the molecule is CC(C)NCc1cnccc1OCC1CCCCO1.